The second kappa shape index (κ2) is 5.97. The molecule has 0 saturated heterocycles. The van der Waals surface area contributed by atoms with Gasteiger partial charge in [-0.15, -0.1) is 0 Å². The van der Waals surface area contributed by atoms with Crippen LogP contribution in [0.4, 0.5) is 4.39 Å². The molecule has 0 radical (unpaired) electrons. The van der Waals surface area contributed by atoms with Gasteiger partial charge < -0.3 is 0 Å². The molecule has 4 saturated carbocycles. The zero-order valence-electron chi connectivity index (χ0n) is 16.0. The molecule has 0 spiro atoms. The standard InChI is InChI=1S/C20H24F.3CH3.Sn/c21-17-7-5-13(6-8-17)19-15-3-4-16(11-15)20(19)18-10-12-1-2-14(18)9-12;;;;/h5-8,10,12,14-16,18-20H,1-4,9,11H2;3*1H3;/t12-,14+,15-,16+,18+,19+,20+;;;;/m0..../s1. The van der Waals surface area contributed by atoms with Crippen LogP contribution in [0.5, 0.6) is 0 Å². The summed E-state index contributed by atoms with van der Waals surface area (Å²) in [6.45, 7) is 0. The number of halogens is 1. The maximum atomic E-state index is 13.5. The summed E-state index contributed by atoms with van der Waals surface area (Å²) < 4.78 is 14.6. The van der Waals surface area contributed by atoms with Gasteiger partial charge >= 0.3 is 157 Å². The molecule has 0 amide bonds. The number of fused-ring (bicyclic) bond motifs is 4. The van der Waals surface area contributed by atoms with Crippen molar-refractivity contribution in [1.29, 1.82) is 0 Å². The molecule has 0 aromatic heterocycles. The van der Waals surface area contributed by atoms with E-state index in [-0.39, 0.29) is 5.82 Å². The van der Waals surface area contributed by atoms with Crippen LogP contribution in [0, 0.1) is 41.3 Å². The van der Waals surface area contributed by atoms with Crippen molar-refractivity contribution in [2.45, 2.75) is 63.2 Å². The van der Waals surface area contributed by atoms with E-state index in [0.29, 0.717) is 0 Å². The van der Waals surface area contributed by atoms with Gasteiger partial charge in [-0.2, -0.15) is 0 Å². The van der Waals surface area contributed by atoms with Gasteiger partial charge in [-0.25, -0.2) is 0 Å². The Labute approximate surface area is 156 Å². The average molecular weight is 447 g/mol. The fraction of sp³-hybridized carbons (Fsp3) is 0.739. The predicted molar refractivity (Wildman–Crippen MR) is 105 cm³/mol. The first-order valence-corrected chi connectivity index (χ1v) is 20.9. The summed E-state index contributed by atoms with van der Waals surface area (Å²) in [6.07, 6.45) is 8.96. The predicted octanol–water partition coefficient (Wildman–Crippen LogP) is 6.71. The third kappa shape index (κ3) is 2.65. The van der Waals surface area contributed by atoms with Gasteiger partial charge in [0.25, 0.3) is 0 Å². The Bertz CT molecular complexity index is 645. The Morgan fingerprint density at radius 2 is 1.32 bits per heavy atom. The first kappa shape index (κ1) is 17.1. The second-order valence-corrected chi connectivity index (χ2v) is 26.2. The molecule has 8 atom stereocenters. The molecule has 4 fully saturated rings. The van der Waals surface area contributed by atoms with Gasteiger partial charge in [-0.1, -0.05) is 0 Å². The van der Waals surface area contributed by atoms with E-state index < -0.39 is 18.4 Å². The van der Waals surface area contributed by atoms with Crippen LogP contribution in [0.15, 0.2) is 24.3 Å². The molecule has 0 unspecified atom stereocenters. The Morgan fingerprint density at radius 3 is 2.00 bits per heavy atom. The van der Waals surface area contributed by atoms with Crippen LogP contribution < -0.4 is 0 Å². The first-order chi connectivity index (χ1) is 11.9. The van der Waals surface area contributed by atoms with Crippen molar-refractivity contribution in [2.75, 3.05) is 0 Å². The van der Waals surface area contributed by atoms with Crippen LogP contribution in [0.1, 0.15) is 50.0 Å². The second-order valence-electron chi connectivity index (χ2n) is 10.8. The van der Waals surface area contributed by atoms with Crippen LogP contribution in [-0.2, 0) is 0 Å². The van der Waals surface area contributed by atoms with Crippen LogP contribution in [-0.4, -0.2) is 18.4 Å². The Kier molecular flexibility index (Phi) is 4.08. The van der Waals surface area contributed by atoms with Crippen molar-refractivity contribution < 1.29 is 4.39 Å². The number of hydrogen-bond donors (Lipinski definition) is 0. The first-order valence-electron chi connectivity index (χ1n) is 10.7. The molecule has 25 heavy (non-hydrogen) atoms. The zero-order valence-corrected chi connectivity index (χ0v) is 18.9. The Hall–Kier alpha value is -0.0513. The Balaban J connectivity index is 1.53. The normalized spacial score (nSPS) is 45.4. The van der Waals surface area contributed by atoms with Crippen LogP contribution in [0.25, 0.3) is 0 Å². The van der Waals surface area contributed by atoms with Gasteiger partial charge in [0.2, 0.25) is 0 Å². The molecule has 1 aromatic rings. The van der Waals surface area contributed by atoms with Crippen molar-refractivity contribution in [3.63, 3.8) is 0 Å². The third-order valence-electron chi connectivity index (χ3n) is 8.66. The number of rotatable bonds is 3. The van der Waals surface area contributed by atoms with Gasteiger partial charge in [0.1, 0.15) is 0 Å². The molecule has 4 aliphatic carbocycles. The molecule has 5 rings (SSSR count). The van der Waals surface area contributed by atoms with Crippen LogP contribution in [0.3, 0.4) is 0 Å². The van der Waals surface area contributed by atoms with E-state index in [4.69, 9.17) is 0 Å². The minimum atomic E-state index is -1.94. The minimum absolute atomic E-state index is 0.0767. The summed E-state index contributed by atoms with van der Waals surface area (Å²) in [5.41, 5.74) is 1.46. The fourth-order valence-electron chi connectivity index (χ4n) is 8.24. The fourth-order valence-corrected chi connectivity index (χ4v) is 17.9. The summed E-state index contributed by atoms with van der Waals surface area (Å²) in [6, 6.07) is 7.66. The van der Waals surface area contributed by atoms with E-state index in [1.807, 2.05) is 0 Å². The van der Waals surface area contributed by atoms with Gasteiger partial charge in [-0.05, 0) is 0 Å². The molecule has 4 aliphatic rings. The third-order valence-corrected chi connectivity index (χ3v) is 16.8. The summed E-state index contributed by atoms with van der Waals surface area (Å²) in [4.78, 5) is 8.10. The molecule has 0 nitrogen and oxygen atoms in total. The Morgan fingerprint density at radius 1 is 0.760 bits per heavy atom. The molecular formula is C23H33FSn. The van der Waals surface area contributed by atoms with Crippen molar-refractivity contribution in [3.8, 4) is 0 Å². The van der Waals surface area contributed by atoms with Gasteiger partial charge in [0, 0.05) is 0 Å². The van der Waals surface area contributed by atoms with E-state index >= 15 is 0 Å². The van der Waals surface area contributed by atoms with Crippen molar-refractivity contribution in [3.05, 3.63) is 35.6 Å². The molecule has 4 bridgehead atoms. The van der Waals surface area contributed by atoms with Crippen molar-refractivity contribution in [2.24, 2.45) is 35.5 Å². The van der Waals surface area contributed by atoms with Crippen LogP contribution >= 0.6 is 0 Å². The van der Waals surface area contributed by atoms with Gasteiger partial charge in [0.15, 0.2) is 0 Å². The average Bonchev–Trinajstić information content (AvgIpc) is 3.33. The van der Waals surface area contributed by atoms with Gasteiger partial charge in [-0.3, -0.25) is 0 Å². The van der Waals surface area contributed by atoms with Crippen molar-refractivity contribution in [1.82, 2.24) is 0 Å². The van der Waals surface area contributed by atoms with E-state index in [2.05, 4.69) is 27.0 Å². The molecule has 0 aliphatic heterocycles. The van der Waals surface area contributed by atoms with E-state index in [1.54, 1.807) is 18.6 Å². The van der Waals surface area contributed by atoms with E-state index in [1.165, 1.54) is 37.7 Å². The molecule has 1 aromatic carbocycles. The number of benzene rings is 1. The number of hydrogen-bond acceptors (Lipinski definition) is 0. The molecular weight excluding hydrogens is 414 g/mol. The summed E-state index contributed by atoms with van der Waals surface area (Å²) in [7, 11) is 0. The van der Waals surface area contributed by atoms with E-state index in [9.17, 15) is 4.39 Å². The summed E-state index contributed by atoms with van der Waals surface area (Å²) in [5.74, 6) is 6.54. The molecule has 2 heteroatoms. The summed E-state index contributed by atoms with van der Waals surface area (Å²) >= 11 is -1.94. The zero-order chi connectivity index (χ0) is 17.3. The molecule has 136 valence electrons. The van der Waals surface area contributed by atoms with Crippen LogP contribution in [0.2, 0.25) is 18.8 Å². The quantitative estimate of drug-likeness (QED) is 0.452. The van der Waals surface area contributed by atoms with Gasteiger partial charge in [0.05, 0.1) is 0 Å². The monoisotopic (exact) mass is 448 g/mol. The van der Waals surface area contributed by atoms with Crippen molar-refractivity contribution >= 4 is 18.4 Å². The molecule has 0 N–H and O–H groups in total. The maximum absolute atomic E-state index is 13.5. The SMILES string of the molecule is [CH3][Sn]([CH3])([CH3])[C@@H]1[C@H]2CC[C@H](C2)[C@@H]1[C@H]1[C@@H]2CC[C@@H](C2)[C@H]1c1ccc(F)cc1. The topological polar surface area (TPSA) is 0 Å². The molecule has 0 heterocycles. The van der Waals surface area contributed by atoms with E-state index in [0.717, 1.165) is 45.4 Å². The summed E-state index contributed by atoms with van der Waals surface area (Å²) in [5, 5.41) is 0.